The zero-order valence-electron chi connectivity index (χ0n) is 12.2. The minimum absolute atomic E-state index is 0.0229. The fraction of sp³-hybridized carbons (Fsp3) is 0.533. The Morgan fingerprint density at radius 3 is 2.81 bits per heavy atom. The monoisotopic (exact) mass is 291 g/mol. The Labute approximate surface area is 123 Å². The van der Waals surface area contributed by atoms with Crippen molar-refractivity contribution in [2.75, 3.05) is 5.32 Å². The molecule has 2 atom stereocenters. The first-order chi connectivity index (χ1) is 9.97. The molecule has 0 bridgehead atoms. The number of nitro benzene ring substituents is 1. The largest absolute Gasteiger partial charge is 0.327 e. The van der Waals surface area contributed by atoms with E-state index in [1.54, 1.807) is 6.07 Å². The van der Waals surface area contributed by atoms with Crippen LogP contribution in [0, 0.1) is 23.0 Å². The zero-order chi connectivity index (χ0) is 15.4. The molecule has 1 aliphatic carbocycles. The van der Waals surface area contributed by atoms with Crippen LogP contribution < -0.4 is 11.1 Å². The normalized spacial score (nSPS) is 21.8. The van der Waals surface area contributed by atoms with Gasteiger partial charge in [0.2, 0.25) is 5.91 Å². The number of carbonyl (C=O) groups excluding carboxylic acids is 1. The number of hydrogen-bond donors (Lipinski definition) is 2. The lowest BCUT2D eigenvalue weighted by Gasteiger charge is -2.28. The maximum absolute atomic E-state index is 12.1. The van der Waals surface area contributed by atoms with Crippen molar-refractivity contribution in [3.05, 3.63) is 33.9 Å². The number of rotatable bonds is 4. The quantitative estimate of drug-likeness (QED) is 0.658. The van der Waals surface area contributed by atoms with Gasteiger partial charge in [-0.2, -0.15) is 0 Å². The standard InChI is InChI=1S/C15H21N3O3/c1-10-6-7-12(18(20)21)9-14(10)17-15(19)8-11-4-2-3-5-13(11)16/h6-7,9,11,13H,2-5,8,16H2,1H3,(H,17,19). The molecule has 1 aromatic carbocycles. The Morgan fingerprint density at radius 2 is 2.14 bits per heavy atom. The van der Waals surface area contributed by atoms with Gasteiger partial charge in [0.1, 0.15) is 0 Å². The summed E-state index contributed by atoms with van der Waals surface area (Å²) in [6.07, 6.45) is 4.56. The van der Waals surface area contributed by atoms with E-state index in [1.807, 2.05) is 6.92 Å². The van der Waals surface area contributed by atoms with Crippen LogP contribution in [0.5, 0.6) is 0 Å². The molecule has 0 spiro atoms. The van der Waals surface area contributed by atoms with Gasteiger partial charge in [0.05, 0.1) is 10.6 Å². The molecular formula is C15H21N3O3. The van der Waals surface area contributed by atoms with Crippen LogP contribution in [0.2, 0.25) is 0 Å². The summed E-state index contributed by atoms with van der Waals surface area (Å²) in [6, 6.07) is 4.55. The molecule has 0 aliphatic heterocycles. The van der Waals surface area contributed by atoms with Gasteiger partial charge in [0.15, 0.2) is 0 Å². The maximum atomic E-state index is 12.1. The second-order valence-corrected chi connectivity index (χ2v) is 5.72. The van der Waals surface area contributed by atoms with Gasteiger partial charge >= 0.3 is 0 Å². The fourth-order valence-corrected chi connectivity index (χ4v) is 2.79. The Kier molecular flexibility index (Phi) is 4.90. The Bertz CT molecular complexity index is 545. The second kappa shape index (κ2) is 6.67. The van der Waals surface area contributed by atoms with Gasteiger partial charge in [0.25, 0.3) is 5.69 Å². The van der Waals surface area contributed by atoms with E-state index < -0.39 is 4.92 Å². The lowest BCUT2D eigenvalue weighted by molar-refractivity contribution is -0.384. The van der Waals surface area contributed by atoms with E-state index in [0.717, 1.165) is 31.2 Å². The lowest BCUT2D eigenvalue weighted by atomic mass is 9.83. The summed E-state index contributed by atoms with van der Waals surface area (Å²) in [5.41, 5.74) is 7.33. The Balaban J connectivity index is 2.02. The van der Waals surface area contributed by atoms with E-state index in [4.69, 9.17) is 5.73 Å². The molecule has 1 aliphatic rings. The molecule has 1 saturated carbocycles. The molecule has 2 unspecified atom stereocenters. The van der Waals surface area contributed by atoms with E-state index in [-0.39, 0.29) is 23.6 Å². The number of carbonyl (C=O) groups is 1. The average molecular weight is 291 g/mol. The summed E-state index contributed by atoms with van der Waals surface area (Å²) in [5, 5.41) is 13.6. The lowest BCUT2D eigenvalue weighted by Crippen LogP contribution is -2.35. The molecule has 6 nitrogen and oxygen atoms in total. The van der Waals surface area contributed by atoms with Gasteiger partial charge in [-0.1, -0.05) is 18.9 Å². The van der Waals surface area contributed by atoms with Crippen molar-refractivity contribution in [1.82, 2.24) is 0 Å². The van der Waals surface area contributed by atoms with E-state index in [1.165, 1.54) is 12.1 Å². The maximum Gasteiger partial charge on any atom is 0.271 e. The van der Waals surface area contributed by atoms with E-state index >= 15 is 0 Å². The summed E-state index contributed by atoms with van der Waals surface area (Å²) < 4.78 is 0. The number of aryl methyl sites for hydroxylation is 1. The van der Waals surface area contributed by atoms with Gasteiger partial charge in [-0.3, -0.25) is 14.9 Å². The highest BCUT2D eigenvalue weighted by atomic mass is 16.6. The van der Waals surface area contributed by atoms with Crippen molar-refractivity contribution in [1.29, 1.82) is 0 Å². The minimum Gasteiger partial charge on any atom is -0.327 e. The minimum atomic E-state index is -0.466. The smallest absolute Gasteiger partial charge is 0.271 e. The van der Waals surface area contributed by atoms with Crippen molar-refractivity contribution in [3.63, 3.8) is 0 Å². The SMILES string of the molecule is Cc1ccc([N+](=O)[O-])cc1NC(=O)CC1CCCCC1N. The summed E-state index contributed by atoms with van der Waals surface area (Å²) in [5.74, 6) is 0.0821. The average Bonchev–Trinajstić information content (AvgIpc) is 2.43. The highest BCUT2D eigenvalue weighted by Crippen LogP contribution is 2.27. The third kappa shape index (κ3) is 4.01. The highest BCUT2D eigenvalue weighted by molar-refractivity contribution is 5.92. The summed E-state index contributed by atoms with van der Waals surface area (Å²) in [4.78, 5) is 22.4. The molecule has 114 valence electrons. The molecule has 6 heteroatoms. The number of amides is 1. The summed E-state index contributed by atoms with van der Waals surface area (Å²) in [7, 11) is 0. The molecule has 0 heterocycles. The number of nitrogens with one attached hydrogen (secondary N) is 1. The molecule has 3 N–H and O–H groups in total. The summed E-state index contributed by atoms with van der Waals surface area (Å²) in [6.45, 7) is 1.81. The van der Waals surface area contributed by atoms with Crippen LogP contribution in [-0.2, 0) is 4.79 Å². The van der Waals surface area contributed by atoms with Crippen LogP contribution in [0.25, 0.3) is 0 Å². The number of nitrogens with zero attached hydrogens (tertiary/aromatic N) is 1. The molecule has 0 saturated heterocycles. The van der Waals surface area contributed by atoms with Crippen LogP contribution in [-0.4, -0.2) is 16.9 Å². The van der Waals surface area contributed by atoms with Crippen molar-refractivity contribution >= 4 is 17.3 Å². The molecule has 21 heavy (non-hydrogen) atoms. The van der Waals surface area contributed by atoms with Crippen molar-refractivity contribution in [2.45, 2.75) is 45.1 Å². The van der Waals surface area contributed by atoms with Crippen LogP contribution in [0.15, 0.2) is 18.2 Å². The first-order valence-corrected chi connectivity index (χ1v) is 7.28. The molecule has 1 fully saturated rings. The molecule has 0 radical (unpaired) electrons. The van der Waals surface area contributed by atoms with Crippen molar-refractivity contribution < 1.29 is 9.72 Å². The Morgan fingerprint density at radius 1 is 1.43 bits per heavy atom. The summed E-state index contributed by atoms with van der Waals surface area (Å²) >= 11 is 0. The van der Waals surface area contributed by atoms with Crippen LogP contribution in [0.3, 0.4) is 0 Å². The molecule has 1 amide bonds. The first kappa shape index (κ1) is 15.4. The van der Waals surface area contributed by atoms with E-state index in [2.05, 4.69) is 5.32 Å². The number of anilines is 1. The molecule has 2 rings (SSSR count). The van der Waals surface area contributed by atoms with Crippen molar-refractivity contribution in [2.24, 2.45) is 11.7 Å². The number of hydrogen-bond acceptors (Lipinski definition) is 4. The number of nitrogens with two attached hydrogens (primary N) is 1. The number of benzene rings is 1. The number of non-ortho nitro benzene ring substituents is 1. The second-order valence-electron chi connectivity index (χ2n) is 5.72. The van der Waals surface area contributed by atoms with Crippen LogP contribution in [0.4, 0.5) is 11.4 Å². The van der Waals surface area contributed by atoms with Crippen LogP contribution >= 0.6 is 0 Å². The highest BCUT2D eigenvalue weighted by Gasteiger charge is 2.24. The van der Waals surface area contributed by atoms with Gasteiger partial charge in [-0.25, -0.2) is 0 Å². The topological polar surface area (TPSA) is 98.3 Å². The van der Waals surface area contributed by atoms with Gasteiger partial charge in [-0.05, 0) is 31.2 Å². The third-order valence-electron chi connectivity index (χ3n) is 4.12. The fourth-order valence-electron chi connectivity index (χ4n) is 2.79. The predicted octanol–water partition coefficient (Wildman–Crippen LogP) is 2.75. The Hall–Kier alpha value is -1.95. The molecular weight excluding hydrogens is 270 g/mol. The molecule has 1 aromatic rings. The predicted molar refractivity (Wildman–Crippen MR) is 81.0 cm³/mol. The third-order valence-corrected chi connectivity index (χ3v) is 4.12. The zero-order valence-corrected chi connectivity index (χ0v) is 12.2. The van der Waals surface area contributed by atoms with Gasteiger partial charge < -0.3 is 11.1 Å². The first-order valence-electron chi connectivity index (χ1n) is 7.28. The van der Waals surface area contributed by atoms with Crippen molar-refractivity contribution in [3.8, 4) is 0 Å². The van der Waals surface area contributed by atoms with E-state index in [9.17, 15) is 14.9 Å². The van der Waals surface area contributed by atoms with Gasteiger partial charge in [-0.15, -0.1) is 0 Å². The van der Waals surface area contributed by atoms with Crippen LogP contribution in [0.1, 0.15) is 37.7 Å². The van der Waals surface area contributed by atoms with E-state index in [0.29, 0.717) is 12.1 Å². The van der Waals surface area contributed by atoms with Gasteiger partial charge in [0, 0.05) is 24.6 Å². The molecule has 0 aromatic heterocycles. The number of nitro groups is 1.